The molecule has 0 aromatic heterocycles. The largest absolute Gasteiger partial charge is 0.487 e. The third kappa shape index (κ3) is 5.35. The molecule has 0 saturated carbocycles. The fraction of sp³-hybridized carbons (Fsp3) is 0.478. The van der Waals surface area contributed by atoms with Crippen LogP contribution < -0.4 is 10.1 Å². The van der Waals surface area contributed by atoms with Crippen LogP contribution in [0.1, 0.15) is 36.8 Å². The highest BCUT2D eigenvalue weighted by atomic mass is 35.5. The monoisotopic (exact) mass is 451 g/mol. The summed E-state index contributed by atoms with van der Waals surface area (Å²) in [4.78, 5) is 0. The van der Waals surface area contributed by atoms with Gasteiger partial charge in [0.2, 0.25) is 0 Å². The van der Waals surface area contributed by atoms with Crippen molar-refractivity contribution in [2.75, 3.05) is 25.4 Å². The van der Waals surface area contributed by atoms with E-state index in [4.69, 9.17) is 9.84 Å². The Labute approximate surface area is 185 Å². The first-order valence-electron chi connectivity index (χ1n) is 10.4. The first-order valence-corrected chi connectivity index (χ1v) is 12.2. The van der Waals surface area contributed by atoms with Crippen LogP contribution in [0.2, 0.25) is 0 Å². The highest BCUT2D eigenvalue weighted by Crippen LogP contribution is 2.39. The fourth-order valence-corrected chi connectivity index (χ4v) is 5.75. The molecule has 1 saturated heterocycles. The Kier molecular flexibility index (Phi) is 7.45. The zero-order chi connectivity index (χ0) is 20.3. The Hall–Kier alpha value is -1.60. The summed E-state index contributed by atoms with van der Waals surface area (Å²) >= 11 is 0. The summed E-state index contributed by atoms with van der Waals surface area (Å²) in [5.41, 5.74) is 4.24. The molecule has 30 heavy (non-hydrogen) atoms. The van der Waals surface area contributed by atoms with Gasteiger partial charge in [0.25, 0.3) is 0 Å². The van der Waals surface area contributed by atoms with Gasteiger partial charge in [0, 0.05) is 6.61 Å². The van der Waals surface area contributed by atoms with Gasteiger partial charge in [-0.05, 0) is 79.6 Å². The molecule has 0 atom stereocenters. The number of hydrogen-bond donors (Lipinski definition) is 2. The number of benzene rings is 2. The van der Waals surface area contributed by atoms with Crippen LogP contribution in [0.4, 0.5) is 0 Å². The number of rotatable bonds is 6. The zero-order valence-electron chi connectivity index (χ0n) is 17.1. The smallest absolute Gasteiger partial charge is 0.154 e. The molecule has 2 aliphatic rings. The van der Waals surface area contributed by atoms with Gasteiger partial charge in [-0.1, -0.05) is 30.3 Å². The average Bonchev–Trinajstić information content (AvgIpc) is 2.73. The van der Waals surface area contributed by atoms with Crippen molar-refractivity contribution in [3.63, 3.8) is 0 Å². The van der Waals surface area contributed by atoms with E-state index in [0.29, 0.717) is 0 Å². The number of piperidine rings is 1. The molecule has 0 aliphatic carbocycles. The van der Waals surface area contributed by atoms with Gasteiger partial charge >= 0.3 is 0 Å². The van der Waals surface area contributed by atoms with Crippen molar-refractivity contribution >= 4 is 22.2 Å². The number of aryl methyl sites for hydroxylation is 1. The molecule has 7 heteroatoms. The molecule has 1 spiro atoms. The van der Waals surface area contributed by atoms with Gasteiger partial charge in [0.05, 0.1) is 11.5 Å². The van der Waals surface area contributed by atoms with Gasteiger partial charge < -0.3 is 15.2 Å². The van der Waals surface area contributed by atoms with Crippen LogP contribution in [-0.2, 0) is 22.0 Å². The fourth-order valence-electron chi connectivity index (χ4n) is 4.34. The predicted octanol–water partition coefficient (Wildman–Crippen LogP) is 3.52. The van der Waals surface area contributed by atoms with Crippen LogP contribution in [0.25, 0.3) is 11.1 Å². The van der Waals surface area contributed by atoms with Gasteiger partial charge in [-0.15, -0.1) is 12.4 Å². The Morgan fingerprint density at radius 3 is 2.40 bits per heavy atom. The second-order valence-electron chi connectivity index (χ2n) is 8.22. The SMILES string of the molecule is Cl.O=S(=O)(CCCO)Cc1ccc(-c2ccc3c(c2)CCC2(CCNCC2)O3)cc1. The first-order chi connectivity index (χ1) is 14.0. The number of hydrogen-bond acceptors (Lipinski definition) is 5. The van der Waals surface area contributed by atoms with Gasteiger partial charge in [0.15, 0.2) is 9.84 Å². The lowest BCUT2D eigenvalue weighted by molar-refractivity contribution is 0.0170. The van der Waals surface area contributed by atoms with Crippen molar-refractivity contribution in [2.45, 2.75) is 43.5 Å². The van der Waals surface area contributed by atoms with Gasteiger partial charge in [-0.3, -0.25) is 0 Å². The molecule has 2 aromatic rings. The molecule has 4 rings (SSSR count). The summed E-state index contributed by atoms with van der Waals surface area (Å²) in [5, 5.41) is 12.2. The van der Waals surface area contributed by atoms with E-state index in [1.807, 2.05) is 24.3 Å². The van der Waals surface area contributed by atoms with E-state index in [1.165, 1.54) is 5.56 Å². The van der Waals surface area contributed by atoms with Crippen molar-refractivity contribution < 1.29 is 18.3 Å². The Balaban J connectivity index is 0.00000256. The van der Waals surface area contributed by atoms with E-state index >= 15 is 0 Å². The lowest BCUT2D eigenvalue weighted by Crippen LogP contribution is -2.48. The molecule has 2 aromatic carbocycles. The third-order valence-electron chi connectivity index (χ3n) is 6.04. The van der Waals surface area contributed by atoms with E-state index in [9.17, 15) is 8.42 Å². The summed E-state index contributed by atoms with van der Waals surface area (Å²) in [5.74, 6) is 1.05. The molecular weight excluding hydrogens is 422 g/mol. The van der Waals surface area contributed by atoms with Gasteiger partial charge in [-0.2, -0.15) is 0 Å². The zero-order valence-corrected chi connectivity index (χ0v) is 18.7. The predicted molar refractivity (Wildman–Crippen MR) is 122 cm³/mol. The van der Waals surface area contributed by atoms with E-state index in [1.54, 1.807) is 0 Å². The molecule has 164 valence electrons. The Morgan fingerprint density at radius 1 is 1.00 bits per heavy atom. The lowest BCUT2D eigenvalue weighted by Gasteiger charge is -2.41. The normalized spacial score (nSPS) is 17.6. The van der Waals surface area contributed by atoms with Crippen LogP contribution in [0.3, 0.4) is 0 Å². The van der Waals surface area contributed by atoms with Crippen molar-refractivity contribution in [1.29, 1.82) is 0 Å². The molecular formula is C23H30ClNO4S. The number of halogens is 1. The maximum absolute atomic E-state index is 12.1. The number of nitrogens with one attached hydrogen (secondary N) is 1. The Morgan fingerprint density at radius 2 is 1.70 bits per heavy atom. The summed E-state index contributed by atoms with van der Waals surface area (Å²) in [6.07, 6.45) is 4.52. The summed E-state index contributed by atoms with van der Waals surface area (Å²) < 4.78 is 30.6. The molecule has 0 amide bonds. The molecule has 2 aliphatic heterocycles. The van der Waals surface area contributed by atoms with Gasteiger partial charge in [-0.25, -0.2) is 8.42 Å². The number of fused-ring (bicyclic) bond motifs is 1. The minimum absolute atomic E-state index is 0. The first kappa shape index (κ1) is 23.1. The van der Waals surface area contributed by atoms with Crippen molar-refractivity contribution in [1.82, 2.24) is 5.32 Å². The summed E-state index contributed by atoms with van der Waals surface area (Å²) in [6, 6.07) is 14.1. The van der Waals surface area contributed by atoms with E-state index in [0.717, 1.165) is 61.2 Å². The number of sulfone groups is 1. The topological polar surface area (TPSA) is 75.6 Å². The standard InChI is InChI=1S/C23H29NO4S.ClH/c25-14-1-15-29(26,27)17-18-2-4-19(5-3-18)20-6-7-22-21(16-20)8-9-23(28-22)10-12-24-13-11-23;/h2-7,16,24-25H,1,8-15,17H2;1H. The number of aliphatic hydroxyl groups excluding tert-OH is 1. The van der Waals surface area contributed by atoms with Crippen LogP contribution in [0, 0.1) is 0 Å². The minimum atomic E-state index is -3.18. The van der Waals surface area contributed by atoms with Crippen LogP contribution in [-0.4, -0.2) is 44.6 Å². The quantitative estimate of drug-likeness (QED) is 0.702. The molecule has 2 N–H and O–H groups in total. The summed E-state index contributed by atoms with van der Waals surface area (Å²) in [6.45, 7) is 1.95. The van der Waals surface area contributed by atoms with Crippen molar-refractivity contribution in [3.8, 4) is 16.9 Å². The maximum Gasteiger partial charge on any atom is 0.154 e. The van der Waals surface area contributed by atoms with Crippen LogP contribution >= 0.6 is 12.4 Å². The molecule has 5 nitrogen and oxygen atoms in total. The van der Waals surface area contributed by atoms with Gasteiger partial charge in [0.1, 0.15) is 11.4 Å². The van der Waals surface area contributed by atoms with Crippen molar-refractivity contribution in [3.05, 3.63) is 53.6 Å². The van der Waals surface area contributed by atoms with Crippen LogP contribution in [0.5, 0.6) is 5.75 Å². The van der Waals surface area contributed by atoms with Crippen molar-refractivity contribution in [2.24, 2.45) is 0 Å². The summed E-state index contributed by atoms with van der Waals surface area (Å²) in [7, 11) is -3.18. The van der Waals surface area contributed by atoms with Crippen LogP contribution in [0.15, 0.2) is 42.5 Å². The minimum Gasteiger partial charge on any atom is -0.487 e. The number of ether oxygens (including phenoxy) is 1. The molecule has 0 bridgehead atoms. The third-order valence-corrected chi connectivity index (χ3v) is 7.72. The molecule has 0 unspecified atom stereocenters. The second kappa shape index (κ2) is 9.69. The molecule has 0 radical (unpaired) electrons. The molecule has 2 heterocycles. The van der Waals surface area contributed by atoms with E-state index in [2.05, 4.69) is 23.5 Å². The lowest BCUT2D eigenvalue weighted by atomic mass is 9.83. The van der Waals surface area contributed by atoms with E-state index < -0.39 is 9.84 Å². The molecule has 1 fully saturated rings. The maximum atomic E-state index is 12.1. The van der Waals surface area contributed by atoms with E-state index in [-0.39, 0.29) is 42.5 Å². The Bertz CT molecular complexity index is 954. The average molecular weight is 452 g/mol. The number of aliphatic hydroxyl groups is 1. The second-order valence-corrected chi connectivity index (χ2v) is 10.4. The highest BCUT2D eigenvalue weighted by Gasteiger charge is 2.37. The highest BCUT2D eigenvalue weighted by molar-refractivity contribution is 7.90.